The second-order valence-corrected chi connectivity index (χ2v) is 6.27. The first-order valence-corrected chi connectivity index (χ1v) is 7.30. The Kier molecular flexibility index (Phi) is 4.78. The lowest BCUT2D eigenvalue weighted by molar-refractivity contribution is 0.0259. The van der Waals surface area contributed by atoms with Gasteiger partial charge in [0.25, 0.3) is 0 Å². The summed E-state index contributed by atoms with van der Waals surface area (Å²) in [5.41, 5.74) is 7.61. The molecule has 1 fully saturated rings. The van der Waals surface area contributed by atoms with Crippen LogP contribution in [0.1, 0.15) is 30.4 Å². The van der Waals surface area contributed by atoms with Gasteiger partial charge in [0.05, 0.1) is 0 Å². The SMILES string of the molecule is CN(Cc1ccc(F)c(CN)c1)CC1(N(C)C)CCC1. The van der Waals surface area contributed by atoms with Crippen molar-refractivity contribution in [3.8, 4) is 0 Å². The fourth-order valence-corrected chi connectivity index (χ4v) is 3.08. The van der Waals surface area contributed by atoms with Gasteiger partial charge in [-0.25, -0.2) is 4.39 Å². The first kappa shape index (κ1) is 15.4. The lowest BCUT2D eigenvalue weighted by Crippen LogP contribution is -2.56. The van der Waals surface area contributed by atoms with E-state index in [1.165, 1.54) is 25.3 Å². The second kappa shape index (κ2) is 6.20. The molecule has 1 aliphatic carbocycles. The largest absolute Gasteiger partial charge is 0.326 e. The highest BCUT2D eigenvalue weighted by Gasteiger charge is 2.39. The summed E-state index contributed by atoms with van der Waals surface area (Å²) >= 11 is 0. The number of rotatable bonds is 6. The Balaban J connectivity index is 1.99. The maximum absolute atomic E-state index is 13.4. The summed E-state index contributed by atoms with van der Waals surface area (Å²) in [5.74, 6) is -0.206. The van der Waals surface area contributed by atoms with E-state index in [2.05, 4.69) is 30.9 Å². The summed E-state index contributed by atoms with van der Waals surface area (Å²) < 4.78 is 13.4. The number of nitrogens with zero attached hydrogens (tertiary/aromatic N) is 2. The molecule has 0 spiro atoms. The van der Waals surface area contributed by atoms with E-state index < -0.39 is 0 Å². The zero-order valence-corrected chi connectivity index (χ0v) is 12.8. The lowest BCUT2D eigenvalue weighted by Gasteiger charge is -2.49. The summed E-state index contributed by atoms with van der Waals surface area (Å²) in [7, 11) is 6.46. The zero-order chi connectivity index (χ0) is 14.8. The molecule has 1 aliphatic rings. The van der Waals surface area contributed by atoms with Crippen LogP contribution in [0.3, 0.4) is 0 Å². The Hall–Kier alpha value is -0.970. The van der Waals surface area contributed by atoms with Crippen LogP contribution in [0.4, 0.5) is 4.39 Å². The summed E-state index contributed by atoms with van der Waals surface area (Å²) in [5, 5.41) is 0. The molecule has 0 atom stereocenters. The van der Waals surface area contributed by atoms with E-state index in [4.69, 9.17) is 5.73 Å². The summed E-state index contributed by atoms with van der Waals surface area (Å²) in [6.45, 7) is 2.14. The smallest absolute Gasteiger partial charge is 0.127 e. The van der Waals surface area contributed by atoms with Crippen LogP contribution in [-0.2, 0) is 13.1 Å². The predicted molar refractivity (Wildman–Crippen MR) is 80.9 cm³/mol. The molecule has 1 saturated carbocycles. The van der Waals surface area contributed by atoms with Gasteiger partial charge in [0.1, 0.15) is 5.82 Å². The van der Waals surface area contributed by atoms with Gasteiger partial charge >= 0.3 is 0 Å². The third-order valence-corrected chi connectivity index (χ3v) is 4.58. The van der Waals surface area contributed by atoms with Gasteiger partial charge in [0.15, 0.2) is 0 Å². The molecule has 0 heterocycles. The Labute approximate surface area is 121 Å². The normalized spacial score (nSPS) is 17.6. The van der Waals surface area contributed by atoms with Gasteiger partial charge in [0.2, 0.25) is 0 Å². The third kappa shape index (κ3) is 3.19. The minimum atomic E-state index is -0.206. The van der Waals surface area contributed by atoms with Gasteiger partial charge in [-0.05, 0) is 52.0 Å². The molecule has 1 aromatic rings. The van der Waals surface area contributed by atoms with Gasteiger partial charge in [-0.2, -0.15) is 0 Å². The molecule has 0 radical (unpaired) electrons. The molecule has 0 amide bonds. The predicted octanol–water partition coefficient (Wildman–Crippen LogP) is 2.20. The summed E-state index contributed by atoms with van der Waals surface area (Å²) in [6, 6.07) is 5.26. The highest BCUT2D eigenvalue weighted by atomic mass is 19.1. The lowest BCUT2D eigenvalue weighted by atomic mass is 9.75. The van der Waals surface area contributed by atoms with Crippen molar-refractivity contribution < 1.29 is 4.39 Å². The van der Waals surface area contributed by atoms with E-state index >= 15 is 0 Å². The zero-order valence-electron chi connectivity index (χ0n) is 12.8. The number of benzene rings is 1. The Bertz CT molecular complexity index is 455. The van der Waals surface area contributed by atoms with E-state index in [0.29, 0.717) is 11.1 Å². The van der Waals surface area contributed by atoms with Crippen molar-refractivity contribution in [2.24, 2.45) is 5.73 Å². The van der Waals surface area contributed by atoms with Crippen molar-refractivity contribution in [1.82, 2.24) is 9.80 Å². The van der Waals surface area contributed by atoms with Crippen LogP contribution in [-0.4, -0.2) is 43.0 Å². The minimum Gasteiger partial charge on any atom is -0.326 e. The highest BCUT2D eigenvalue weighted by molar-refractivity contribution is 5.25. The Morgan fingerprint density at radius 1 is 1.25 bits per heavy atom. The monoisotopic (exact) mass is 279 g/mol. The molecule has 0 aromatic heterocycles. The third-order valence-electron chi connectivity index (χ3n) is 4.58. The van der Waals surface area contributed by atoms with E-state index in [9.17, 15) is 4.39 Å². The van der Waals surface area contributed by atoms with Crippen LogP contribution in [0.25, 0.3) is 0 Å². The fraction of sp³-hybridized carbons (Fsp3) is 0.625. The molecular formula is C16H26FN3. The van der Waals surface area contributed by atoms with Gasteiger partial charge in [-0.3, -0.25) is 0 Å². The maximum atomic E-state index is 13.4. The Morgan fingerprint density at radius 2 is 1.95 bits per heavy atom. The average molecular weight is 279 g/mol. The number of nitrogens with two attached hydrogens (primary N) is 1. The van der Waals surface area contributed by atoms with Crippen molar-refractivity contribution in [1.29, 1.82) is 0 Å². The van der Waals surface area contributed by atoms with E-state index in [1.54, 1.807) is 0 Å². The number of hydrogen-bond acceptors (Lipinski definition) is 3. The van der Waals surface area contributed by atoms with Gasteiger partial charge in [-0.15, -0.1) is 0 Å². The molecule has 0 saturated heterocycles. The topological polar surface area (TPSA) is 32.5 Å². The molecule has 20 heavy (non-hydrogen) atoms. The van der Waals surface area contributed by atoms with Crippen LogP contribution in [0.15, 0.2) is 18.2 Å². The van der Waals surface area contributed by atoms with E-state index in [1.807, 2.05) is 12.1 Å². The molecular weight excluding hydrogens is 253 g/mol. The molecule has 2 N–H and O–H groups in total. The number of likely N-dealkylation sites (N-methyl/N-ethyl adjacent to an activating group) is 2. The Morgan fingerprint density at radius 3 is 2.45 bits per heavy atom. The van der Waals surface area contributed by atoms with E-state index in [-0.39, 0.29) is 12.4 Å². The molecule has 3 nitrogen and oxygen atoms in total. The number of hydrogen-bond donors (Lipinski definition) is 1. The van der Waals surface area contributed by atoms with Crippen molar-refractivity contribution in [2.45, 2.75) is 37.9 Å². The van der Waals surface area contributed by atoms with Crippen LogP contribution in [0.5, 0.6) is 0 Å². The van der Waals surface area contributed by atoms with E-state index in [0.717, 1.165) is 18.7 Å². The first-order chi connectivity index (χ1) is 9.47. The molecule has 0 bridgehead atoms. The molecule has 0 unspecified atom stereocenters. The molecule has 1 aromatic carbocycles. The molecule has 112 valence electrons. The first-order valence-electron chi connectivity index (χ1n) is 7.30. The summed E-state index contributed by atoms with van der Waals surface area (Å²) in [6.07, 6.45) is 3.85. The van der Waals surface area contributed by atoms with Crippen molar-refractivity contribution >= 4 is 0 Å². The van der Waals surface area contributed by atoms with Crippen molar-refractivity contribution in [2.75, 3.05) is 27.7 Å². The average Bonchev–Trinajstić information content (AvgIpc) is 2.35. The summed E-state index contributed by atoms with van der Waals surface area (Å²) in [4.78, 5) is 4.68. The minimum absolute atomic E-state index is 0.206. The van der Waals surface area contributed by atoms with Gasteiger partial charge in [-0.1, -0.05) is 12.1 Å². The van der Waals surface area contributed by atoms with Crippen LogP contribution >= 0.6 is 0 Å². The van der Waals surface area contributed by atoms with Gasteiger partial charge in [0, 0.05) is 30.7 Å². The molecule has 4 heteroatoms. The standard InChI is InChI=1S/C16H26FN3/c1-19(2)16(7-4-8-16)12-20(3)11-13-5-6-15(17)14(9-13)10-18/h5-6,9H,4,7-8,10-12,18H2,1-3H3. The van der Waals surface area contributed by atoms with Crippen LogP contribution in [0, 0.1) is 5.82 Å². The van der Waals surface area contributed by atoms with Gasteiger partial charge < -0.3 is 15.5 Å². The number of halogens is 1. The second-order valence-electron chi connectivity index (χ2n) is 6.27. The quantitative estimate of drug-likeness (QED) is 0.866. The fourth-order valence-electron chi connectivity index (χ4n) is 3.08. The van der Waals surface area contributed by atoms with Crippen LogP contribution in [0.2, 0.25) is 0 Å². The molecule has 0 aliphatic heterocycles. The van der Waals surface area contributed by atoms with Crippen molar-refractivity contribution in [3.05, 3.63) is 35.1 Å². The van der Waals surface area contributed by atoms with Crippen molar-refractivity contribution in [3.63, 3.8) is 0 Å². The molecule has 2 rings (SSSR count). The highest BCUT2D eigenvalue weighted by Crippen LogP contribution is 2.36. The maximum Gasteiger partial charge on any atom is 0.127 e. The van der Waals surface area contributed by atoms with Crippen LogP contribution < -0.4 is 5.73 Å².